The molecule has 3 rings (SSSR count). The van der Waals surface area contributed by atoms with Crippen LogP contribution in [0.3, 0.4) is 0 Å². The van der Waals surface area contributed by atoms with Gasteiger partial charge in [-0.15, -0.1) is 0 Å². The van der Waals surface area contributed by atoms with E-state index in [1.165, 1.54) is 6.07 Å². The van der Waals surface area contributed by atoms with Crippen molar-refractivity contribution in [3.8, 4) is 0 Å². The van der Waals surface area contributed by atoms with Crippen molar-refractivity contribution in [2.45, 2.75) is 6.42 Å². The summed E-state index contributed by atoms with van der Waals surface area (Å²) >= 11 is 0. The van der Waals surface area contributed by atoms with Gasteiger partial charge in [0, 0.05) is 42.9 Å². The van der Waals surface area contributed by atoms with Gasteiger partial charge in [-0.05, 0) is 30.7 Å². The maximum absolute atomic E-state index is 12.6. The van der Waals surface area contributed by atoms with E-state index in [9.17, 15) is 20.0 Å². The van der Waals surface area contributed by atoms with Crippen LogP contribution in [-0.4, -0.2) is 40.5 Å². The molecule has 0 spiro atoms. The number of benzene rings is 2. The summed E-state index contributed by atoms with van der Waals surface area (Å²) in [5.74, 6) is -0.164. The standard InChI is InChI=1S/C18H19N3O4/c22-12-13-8-9-20(11-13)18(23)14-6-7-16(17(10-14)21(24)25)19-15-4-2-1-3-5-15/h1-7,10,13,19,22H,8-9,11-12H2. The minimum Gasteiger partial charge on any atom is -0.396 e. The lowest BCUT2D eigenvalue weighted by Crippen LogP contribution is -2.29. The zero-order chi connectivity index (χ0) is 17.8. The second kappa shape index (κ2) is 7.31. The number of nitro groups is 1. The molecule has 7 nitrogen and oxygen atoms in total. The smallest absolute Gasteiger partial charge is 0.293 e. The number of likely N-dealkylation sites (tertiary alicyclic amines) is 1. The molecule has 1 unspecified atom stereocenters. The normalized spacial score (nSPS) is 16.7. The van der Waals surface area contributed by atoms with Crippen molar-refractivity contribution >= 4 is 23.0 Å². The molecule has 1 aliphatic rings. The molecule has 1 saturated heterocycles. The van der Waals surface area contributed by atoms with Crippen LogP contribution in [0, 0.1) is 16.0 Å². The SMILES string of the molecule is O=C(c1ccc(Nc2ccccc2)c([N+](=O)[O-])c1)N1CCC(CO)C1. The maximum Gasteiger partial charge on any atom is 0.293 e. The number of amides is 1. The van der Waals surface area contributed by atoms with Gasteiger partial charge in [0.05, 0.1) is 4.92 Å². The van der Waals surface area contributed by atoms with Crippen LogP contribution in [0.2, 0.25) is 0 Å². The van der Waals surface area contributed by atoms with Gasteiger partial charge >= 0.3 is 0 Å². The number of para-hydroxylation sites is 1. The van der Waals surface area contributed by atoms with E-state index in [0.29, 0.717) is 18.8 Å². The summed E-state index contributed by atoms with van der Waals surface area (Å²) in [5.41, 5.74) is 1.20. The van der Waals surface area contributed by atoms with Gasteiger partial charge in [0.2, 0.25) is 0 Å². The Morgan fingerprint density at radius 3 is 2.68 bits per heavy atom. The minimum absolute atomic E-state index is 0.0455. The highest BCUT2D eigenvalue weighted by Crippen LogP contribution is 2.29. The number of aliphatic hydroxyl groups is 1. The van der Waals surface area contributed by atoms with Crippen LogP contribution in [0.4, 0.5) is 17.1 Å². The van der Waals surface area contributed by atoms with Crippen molar-refractivity contribution in [1.82, 2.24) is 4.90 Å². The zero-order valence-electron chi connectivity index (χ0n) is 13.6. The number of carbonyl (C=O) groups is 1. The highest BCUT2D eigenvalue weighted by atomic mass is 16.6. The van der Waals surface area contributed by atoms with Crippen molar-refractivity contribution in [3.63, 3.8) is 0 Å². The molecule has 1 amide bonds. The third-order valence-electron chi connectivity index (χ3n) is 4.33. The Morgan fingerprint density at radius 1 is 1.28 bits per heavy atom. The van der Waals surface area contributed by atoms with Gasteiger partial charge in [-0.3, -0.25) is 14.9 Å². The molecular weight excluding hydrogens is 322 g/mol. The first-order chi connectivity index (χ1) is 12.1. The average molecular weight is 341 g/mol. The number of anilines is 2. The summed E-state index contributed by atoms with van der Waals surface area (Å²) in [5, 5.41) is 23.6. The molecule has 1 atom stereocenters. The number of nitrogens with one attached hydrogen (secondary N) is 1. The number of hydrogen-bond donors (Lipinski definition) is 2. The number of carbonyl (C=O) groups excluding carboxylic acids is 1. The maximum atomic E-state index is 12.6. The third kappa shape index (κ3) is 3.77. The minimum atomic E-state index is -0.497. The predicted molar refractivity (Wildman–Crippen MR) is 93.9 cm³/mol. The van der Waals surface area contributed by atoms with E-state index in [1.54, 1.807) is 17.0 Å². The summed E-state index contributed by atoms with van der Waals surface area (Å²) in [6.45, 7) is 1.08. The van der Waals surface area contributed by atoms with Crippen LogP contribution >= 0.6 is 0 Å². The molecule has 0 bridgehead atoms. The van der Waals surface area contributed by atoms with E-state index in [0.717, 1.165) is 12.1 Å². The molecule has 2 aromatic rings. The second-order valence-corrected chi connectivity index (χ2v) is 6.07. The summed E-state index contributed by atoms with van der Waals surface area (Å²) < 4.78 is 0. The van der Waals surface area contributed by atoms with Crippen molar-refractivity contribution in [2.75, 3.05) is 25.0 Å². The van der Waals surface area contributed by atoms with Crippen LogP contribution < -0.4 is 5.32 Å². The Kier molecular flexibility index (Phi) is 4.95. The van der Waals surface area contributed by atoms with E-state index in [4.69, 9.17) is 0 Å². The lowest BCUT2D eigenvalue weighted by Gasteiger charge is -2.16. The molecule has 2 aromatic carbocycles. The Morgan fingerprint density at radius 2 is 2.04 bits per heavy atom. The van der Waals surface area contributed by atoms with Crippen LogP contribution in [-0.2, 0) is 0 Å². The first kappa shape index (κ1) is 16.9. The van der Waals surface area contributed by atoms with Crippen LogP contribution in [0.5, 0.6) is 0 Å². The number of hydrogen-bond acceptors (Lipinski definition) is 5. The highest BCUT2D eigenvalue weighted by Gasteiger charge is 2.27. The molecule has 1 heterocycles. The van der Waals surface area contributed by atoms with Crippen molar-refractivity contribution in [1.29, 1.82) is 0 Å². The van der Waals surface area contributed by atoms with Gasteiger partial charge in [-0.2, -0.15) is 0 Å². The summed E-state index contributed by atoms with van der Waals surface area (Å²) in [6, 6.07) is 13.6. The lowest BCUT2D eigenvalue weighted by molar-refractivity contribution is -0.383. The number of rotatable bonds is 5. The van der Waals surface area contributed by atoms with E-state index in [-0.39, 0.29) is 29.7 Å². The van der Waals surface area contributed by atoms with Gasteiger partial charge in [0.25, 0.3) is 11.6 Å². The average Bonchev–Trinajstić information content (AvgIpc) is 3.11. The molecule has 2 N–H and O–H groups in total. The van der Waals surface area contributed by atoms with E-state index < -0.39 is 4.92 Å². The summed E-state index contributed by atoms with van der Waals surface area (Å²) in [6.07, 6.45) is 0.748. The van der Waals surface area contributed by atoms with Crippen LogP contribution in [0.15, 0.2) is 48.5 Å². The largest absolute Gasteiger partial charge is 0.396 e. The Labute approximate surface area is 145 Å². The van der Waals surface area contributed by atoms with Gasteiger partial charge in [0.1, 0.15) is 5.69 Å². The highest BCUT2D eigenvalue weighted by molar-refractivity contribution is 5.96. The topological polar surface area (TPSA) is 95.7 Å². The first-order valence-electron chi connectivity index (χ1n) is 8.09. The number of nitro benzene ring substituents is 1. The van der Waals surface area contributed by atoms with Gasteiger partial charge in [0.15, 0.2) is 0 Å². The van der Waals surface area contributed by atoms with Gasteiger partial charge in [-0.25, -0.2) is 0 Å². The molecule has 0 saturated carbocycles. The molecular formula is C18H19N3O4. The molecule has 1 fully saturated rings. The molecule has 1 aliphatic heterocycles. The Bertz CT molecular complexity index is 779. The van der Waals surface area contributed by atoms with Gasteiger partial charge < -0.3 is 15.3 Å². The summed E-state index contributed by atoms with van der Waals surface area (Å²) in [4.78, 5) is 25.1. The molecule has 7 heteroatoms. The fourth-order valence-corrected chi connectivity index (χ4v) is 2.95. The molecule has 0 aliphatic carbocycles. The molecule has 0 aromatic heterocycles. The Balaban J connectivity index is 1.84. The number of nitrogens with zero attached hydrogens (tertiary/aromatic N) is 2. The Hall–Kier alpha value is -2.93. The third-order valence-corrected chi connectivity index (χ3v) is 4.33. The fraction of sp³-hybridized carbons (Fsp3) is 0.278. The monoisotopic (exact) mass is 341 g/mol. The second-order valence-electron chi connectivity index (χ2n) is 6.07. The quantitative estimate of drug-likeness (QED) is 0.644. The molecule has 130 valence electrons. The van der Waals surface area contributed by atoms with E-state index in [2.05, 4.69) is 5.32 Å². The molecule has 25 heavy (non-hydrogen) atoms. The van der Waals surface area contributed by atoms with Crippen LogP contribution in [0.1, 0.15) is 16.8 Å². The predicted octanol–water partition coefficient (Wildman–Crippen LogP) is 2.79. The fourth-order valence-electron chi connectivity index (χ4n) is 2.95. The zero-order valence-corrected chi connectivity index (χ0v) is 13.6. The number of aliphatic hydroxyl groups excluding tert-OH is 1. The van der Waals surface area contributed by atoms with E-state index >= 15 is 0 Å². The first-order valence-corrected chi connectivity index (χ1v) is 8.09. The van der Waals surface area contributed by atoms with E-state index in [1.807, 2.05) is 30.3 Å². The van der Waals surface area contributed by atoms with Crippen molar-refractivity contribution < 1.29 is 14.8 Å². The van der Waals surface area contributed by atoms with Crippen molar-refractivity contribution in [2.24, 2.45) is 5.92 Å². The summed E-state index contributed by atoms with van der Waals surface area (Å²) in [7, 11) is 0. The van der Waals surface area contributed by atoms with Crippen molar-refractivity contribution in [3.05, 3.63) is 64.2 Å². The molecule has 0 radical (unpaired) electrons. The van der Waals surface area contributed by atoms with Crippen LogP contribution in [0.25, 0.3) is 0 Å². The lowest BCUT2D eigenvalue weighted by atomic mass is 10.1. The van der Waals surface area contributed by atoms with Gasteiger partial charge in [-0.1, -0.05) is 18.2 Å².